The lowest BCUT2D eigenvalue weighted by atomic mass is 10.1. The molecule has 3 rings (SSSR count). The third-order valence-corrected chi connectivity index (χ3v) is 5.35. The van der Waals surface area contributed by atoms with E-state index in [-0.39, 0.29) is 17.2 Å². The molecule has 1 aromatic heterocycles. The van der Waals surface area contributed by atoms with Gasteiger partial charge in [0, 0.05) is 18.1 Å². The van der Waals surface area contributed by atoms with E-state index in [9.17, 15) is 9.59 Å². The molecule has 140 valence electrons. The van der Waals surface area contributed by atoms with Crippen molar-refractivity contribution >= 4 is 40.2 Å². The van der Waals surface area contributed by atoms with Gasteiger partial charge in [-0.15, -0.1) is 0 Å². The molecule has 7 heteroatoms. The number of hydrogen-bond donors (Lipinski definition) is 1. The molecule has 3 aromatic rings. The number of para-hydroxylation sites is 1. The van der Waals surface area contributed by atoms with E-state index >= 15 is 0 Å². The number of halogens is 1. The van der Waals surface area contributed by atoms with Gasteiger partial charge in [-0.25, -0.2) is 4.98 Å². The van der Waals surface area contributed by atoms with Gasteiger partial charge >= 0.3 is 0 Å². The fraction of sp³-hybridized carbons (Fsp3) is 0.250. The van der Waals surface area contributed by atoms with E-state index in [0.29, 0.717) is 34.2 Å². The summed E-state index contributed by atoms with van der Waals surface area (Å²) in [5, 5.41) is 4.75. The Balaban J connectivity index is 1.60. The topological polar surface area (TPSA) is 64.0 Å². The fourth-order valence-electron chi connectivity index (χ4n) is 2.72. The lowest BCUT2D eigenvalue weighted by molar-refractivity contribution is -0.118. The molecule has 0 aliphatic heterocycles. The summed E-state index contributed by atoms with van der Waals surface area (Å²) in [6.07, 6.45) is 0.738. The summed E-state index contributed by atoms with van der Waals surface area (Å²) < 4.78 is 1.61. The van der Waals surface area contributed by atoms with Gasteiger partial charge in [-0.1, -0.05) is 47.6 Å². The van der Waals surface area contributed by atoms with Crippen molar-refractivity contribution in [2.45, 2.75) is 25.0 Å². The van der Waals surface area contributed by atoms with Crippen molar-refractivity contribution in [2.75, 3.05) is 12.3 Å². The minimum absolute atomic E-state index is 0.0752. The van der Waals surface area contributed by atoms with E-state index in [1.165, 1.54) is 11.8 Å². The summed E-state index contributed by atoms with van der Waals surface area (Å²) in [6, 6.07) is 14.8. The SMILES string of the molecule is CCn1c(SCC(=O)NCCc2ccc(Cl)cc2)nc2ccccc2c1=O. The molecule has 0 radical (unpaired) electrons. The smallest absolute Gasteiger partial charge is 0.262 e. The fourth-order valence-corrected chi connectivity index (χ4v) is 3.73. The summed E-state index contributed by atoms with van der Waals surface area (Å²) in [6.45, 7) is 2.96. The van der Waals surface area contributed by atoms with E-state index in [2.05, 4.69) is 10.3 Å². The first-order valence-electron chi connectivity index (χ1n) is 8.72. The first kappa shape index (κ1) is 19.5. The van der Waals surface area contributed by atoms with Gasteiger partial charge in [0.15, 0.2) is 5.16 Å². The molecule has 0 saturated heterocycles. The third kappa shape index (κ3) is 4.90. The Labute approximate surface area is 166 Å². The molecule has 27 heavy (non-hydrogen) atoms. The van der Waals surface area contributed by atoms with Gasteiger partial charge in [0.05, 0.1) is 16.7 Å². The molecule has 1 amide bonds. The monoisotopic (exact) mass is 401 g/mol. The van der Waals surface area contributed by atoms with Crippen LogP contribution in [0.1, 0.15) is 12.5 Å². The Hall–Kier alpha value is -2.31. The summed E-state index contributed by atoms with van der Waals surface area (Å²) >= 11 is 7.14. The maximum atomic E-state index is 12.6. The number of carbonyl (C=O) groups excluding carboxylic acids is 1. The zero-order valence-corrected chi connectivity index (χ0v) is 16.5. The van der Waals surface area contributed by atoms with Crippen molar-refractivity contribution in [1.82, 2.24) is 14.9 Å². The van der Waals surface area contributed by atoms with Crippen LogP contribution in [-0.4, -0.2) is 27.8 Å². The molecule has 0 saturated carbocycles. The van der Waals surface area contributed by atoms with E-state index in [1.807, 2.05) is 49.4 Å². The Kier molecular flexibility index (Phi) is 6.53. The van der Waals surface area contributed by atoms with E-state index < -0.39 is 0 Å². The number of nitrogens with zero attached hydrogens (tertiary/aromatic N) is 2. The lowest BCUT2D eigenvalue weighted by Gasteiger charge is -2.11. The van der Waals surface area contributed by atoms with Gasteiger partial charge in [-0.2, -0.15) is 0 Å². The summed E-state index contributed by atoms with van der Waals surface area (Å²) in [5.74, 6) is 0.129. The zero-order valence-electron chi connectivity index (χ0n) is 14.9. The van der Waals surface area contributed by atoms with Crippen LogP contribution < -0.4 is 10.9 Å². The van der Waals surface area contributed by atoms with E-state index in [4.69, 9.17) is 11.6 Å². The maximum Gasteiger partial charge on any atom is 0.262 e. The van der Waals surface area contributed by atoms with Crippen molar-refractivity contribution in [3.63, 3.8) is 0 Å². The van der Waals surface area contributed by atoms with Gasteiger partial charge in [-0.3, -0.25) is 14.2 Å². The van der Waals surface area contributed by atoms with Crippen LogP contribution in [0, 0.1) is 0 Å². The number of benzene rings is 2. The largest absolute Gasteiger partial charge is 0.355 e. The molecule has 1 N–H and O–H groups in total. The van der Waals surface area contributed by atoms with Crippen LogP contribution in [0.15, 0.2) is 58.5 Å². The number of aromatic nitrogens is 2. The van der Waals surface area contributed by atoms with Crippen LogP contribution in [0.3, 0.4) is 0 Å². The van der Waals surface area contributed by atoms with Crippen LogP contribution in [0.25, 0.3) is 10.9 Å². The minimum atomic E-state index is -0.0842. The standard InChI is InChI=1S/C20H20ClN3O2S/c1-2-24-19(26)16-5-3-4-6-17(16)23-20(24)27-13-18(25)22-12-11-14-7-9-15(21)10-8-14/h3-10H,2,11-13H2,1H3,(H,22,25). The number of fused-ring (bicyclic) bond motifs is 1. The molecular formula is C20H20ClN3O2S. The van der Waals surface area contributed by atoms with E-state index in [0.717, 1.165) is 12.0 Å². The molecule has 0 fully saturated rings. The second-order valence-corrected chi connectivity index (χ2v) is 7.35. The normalized spacial score (nSPS) is 10.9. The third-order valence-electron chi connectivity index (χ3n) is 4.12. The van der Waals surface area contributed by atoms with Crippen LogP contribution in [-0.2, 0) is 17.8 Å². The highest BCUT2D eigenvalue weighted by Gasteiger charge is 2.12. The van der Waals surface area contributed by atoms with Crippen molar-refractivity contribution in [3.8, 4) is 0 Å². The number of carbonyl (C=O) groups is 1. The molecule has 5 nitrogen and oxygen atoms in total. The van der Waals surface area contributed by atoms with Crippen LogP contribution in [0.2, 0.25) is 5.02 Å². The first-order chi connectivity index (χ1) is 13.1. The van der Waals surface area contributed by atoms with Gasteiger partial charge < -0.3 is 5.32 Å². The average molecular weight is 402 g/mol. The van der Waals surface area contributed by atoms with Crippen molar-refractivity contribution in [1.29, 1.82) is 0 Å². The highest BCUT2D eigenvalue weighted by atomic mass is 35.5. The Morgan fingerprint density at radius 2 is 1.93 bits per heavy atom. The van der Waals surface area contributed by atoms with E-state index in [1.54, 1.807) is 10.6 Å². The van der Waals surface area contributed by atoms with Gasteiger partial charge in [0.25, 0.3) is 5.56 Å². The number of hydrogen-bond acceptors (Lipinski definition) is 4. The predicted octanol–water partition coefficient (Wildman–Crippen LogP) is 3.52. The minimum Gasteiger partial charge on any atom is -0.355 e. The summed E-state index contributed by atoms with van der Waals surface area (Å²) in [7, 11) is 0. The van der Waals surface area contributed by atoms with Gasteiger partial charge in [-0.05, 0) is 43.2 Å². The van der Waals surface area contributed by atoms with Crippen molar-refractivity contribution < 1.29 is 4.79 Å². The van der Waals surface area contributed by atoms with Gasteiger partial charge in [0.1, 0.15) is 0 Å². The summed E-state index contributed by atoms with van der Waals surface area (Å²) in [5.41, 5.74) is 1.69. The second-order valence-electron chi connectivity index (χ2n) is 5.98. The van der Waals surface area contributed by atoms with Crippen LogP contribution in [0.5, 0.6) is 0 Å². The molecular weight excluding hydrogens is 382 g/mol. The number of rotatable bonds is 7. The molecule has 0 spiro atoms. The van der Waals surface area contributed by atoms with Crippen molar-refractivity contribution in [2.24, 2.45) is 0 Å². The maximum absolute atomic E-state index is 12.6. The Bertz CT molecular complexity index is 1000. The molecule has 2 aromatic carbocycles. The molecule has 0 unspecified atom stereocenters. The molecule has 0 bridgehead atoms. The Morgan fingerprint density at radius 3 is 2.67 bits per heavy atom. The van der Waals surface area contributed by atoms with Gasteiger partial charge in [0.2, 0.25) is 5.91 Å². The second kappa shape index (κ2) is 9.06. The number of nitrogens with one attached hydrogen (secondary N) is 1. The average Bonchev–Trinajstić information content (AvgIpc) is 2.68. The quantitative estimate of drug-likeness (QED) is 0.486. The highest BCUT2D eigenvalue weighted by molar-refractivity contribution is 7.99. The Morgan fingerprint density at radius 1 is 1.19 bits per heavy atom. The summed E-state index contributed by atoms with van der Waals surface area (Å²) in [4.78, 5) is 29.3. The lowest BCUT2D eigenvalue weighted by Crippen LogP contribution is -2.28. The van der Waals surface area contributed by atoms with Crippen molar-refractivity contribution in [3.05, 3.63) is 69.5 Å². The number of thioether (sulfide) groups is 1. The molecule has 0 aliphatic carbocycles. The molecule has 1 heterocycles. The van der Waals surface area contributed by atoms with Crippen LogP contribution in [0.4, 0.5) is 0 Å². The van der Waals surface area contributed by atoms with Crippen LogP contribution >= 0.6 is 23.4 Å². The first-order valence-corrected chi connectivity index (χ1v) is 10.1. The molecule has 0 atom stereocenters. The highest BCUT2D eigenvalue weighted by Crippen LogP contribution is 2.17. The number of amides is 1. The molecule has 0 aliphatic rings. The predicted molar refractivity (Wildman–Crippen MR) is 111 cm³/mol. The zero-order chi connectivity index (χ0) is 19.2.